The molecule has 1 aliphatic heterocycles. The molecule has 2 aliphatic rings. The molecular formula is C15H23N3O. The van der Waals surface area contributed by atoms with Gasteiger partial charge in [-0.25, -0.2) is 9.97 Å². The number of piperidine rings is 1. The van der Waals surface area contributed by atoms with Crippen LogP contribution in [0.5, 0.6) is 0 Å². The van der Waals surface area contributed by atoms with Gasteiger partial charge in [-0.1, -0.05) is 6.42 Å². The molecule has 2 fully saturated rings. The van der Waals surface area contributed by atoms with Gasteiger partial charge in [0.05, 0.1) is 6.10 Å². The summed E-state index contributed by atoms with van der Waals surface area (Å²) in [6.07, 6.45) is 8.57. The van der Waals surface area contributed by atoms with Crippen LogP contribution < -0.4 is 4.90 Å². The second-order valence-corrected chi connectivity index (χ2v) is 6.00. The van der Waals surface area contributed by atoms with Crippen LogP contribution in [-0.2, 0) is 4.74 Å². The summed E-state index contributed by atoms with van der Waals surface area (Å²) >= 11 is 0. The maximum atomic E-state index is 5.74. The van der Waals surface area contributed by atoms with Crippen molar-refractivity contribution in [3.8, 4) is 0 Å². The van der Waals surface area contributed by atoms with E-state index in [9.17, 15) is 0 Å². The van der Waals surface area contributed by atoms with E-state index in [4.69, 9.17) is 4.74 Å². The molecule has 0 aromatic carbocycles. The summed E-state index contributed by atoms with van der Waals surface area (Å²) in [7, 11) is 1.86. The molecule has 1 saturated carbocycles. The number of rotatable bonds is 2. The largest absolute Gasteiger partial charge is 0.381 e. The number of nitrogens with zero attached hydrogens (tertiary/aromatic N) is 3. The van der Waals surface area contributed by atoms with E-state index in [0.717, 1.165) is 24.7 Å². The summed E-state index contributed by atoms with van der Waals surface area (Å²) in [6.45, 7) is 4.15. The number of anilines is 1. The maximum Gasteiger partial charge on any atom is 0.225 e. The highest BCUT2D eigenvalue weighted by Crippen LogP contribution is 2.46. The zero-order chi connectivity index (χ0) is 13.3. The lowest BCUT2D eigenvalue weighted by Gasteiger charge is -2.43. The van der Waals surface area contributed by atoms with Gasteiger partial charge in [0, 0.05) is 37.5 Å². The number of aryl methyl sites for hydroxylation is 1. The minimum Gasteiger partial charge on any atom is -0.381 e. The zero-order valence-electron chi connectivity index (χ0n) is 11.9. The average Bonchev–Trinajstić information content (AvgIpc) is 2.81. The Morgan fingerprint density at radius 3 is 3.00 bits per heavy atom. The molecule has 0 radical (unpaired) electrons. The molecule has 104 valence electrons. The van der Waals surface area contributed by atoms with Crippen LogP contribution in [0.4, 0.5) is 5.95 Å². The third kappa shape index (κ3) is 2.34. The lowest BCUT2D eigenvalue weighted by atomic mass is 9.76. The Bertz CT molecular complexity index is 451. The predicted octanol–water partition coefficient (Wildman–Crippen LogP) is 2.57. The minimum absolute atomic E-state index is 0.333. The fraction of sp³-hybridized carbons (Fsp3) is 0.733. The maximum absolute atomic E-state index is 5.74. The summed E-state index contributed by atoms with van der Waals surface area (Å²) in [5.74, 6) is 0.890. The molecule has 1 saturated heterocycles. The number of ether oxygens (including phenoxy) is 1. The third-order valence-corrected chi connectivity index (χ3v) is 4.78. The van der Waals surface area contributed by atoms with Crippen LogP contribution in [-0.4, -0.2) is 36.3 Å². The molecule has 2 heterocycles. The molecule has 4 nitrogen and oxygen atoms in total. The first-order chi connectivity index (χ1) is 9.23. The highest BCUT2D eigenvalue weighted by molar-refractivity contribution is 5.32. The van der Waals surface area contributed by atoms with E-state index in [2.05, 4.69) is 14.9 Å². The molecule has 1 aromatic heterocycles. The van der Waals surface area contributed by atoms with Gasteiger partial charge in [0.2, 0.25) is 5.95 Å². The number of methoxy groups -OCH3 is 1. The van der Waals surface area contributed by atoms with Gasteiger partial charge in [-0.3, -0.25) is 0 Å². The van der Waals surface area contributed by atoms with E-state index in [1.807, 2.05) is 26.3 Å². The molecule has 19 heavy (non-hydrogen) atoms. The Labute approximate surface area is 115 Å². The monoisotopic (exact) mass is 261 g/mol. The first kappa shape index (κ1) is 12.9. The summed E-state index contributed by atoms with van der Waals surface area (Å²) < 4.78 is 5.74. The van der Waals surface area contributed by atoms with Crippen molar-refractivity contribution >= 4 is 5.95 Å². The lowest BCUT2D eigenvalue weighted by Crippen LogP contribution is -2.48. The van der Waals surface area contributed by atoms with E-state index in [1.165, 1.54) is 32.1 Å². The number of aromatic nitrogens is 2. The Balaban J connectivity index is 1.81. The minimum atomic E-state index is 0.333. The van der Waals surface area contributed by atoms with E-state index < -0.39 is 0 Å². The molecule has 3 rings (SSSR count). The van der Waals surface area contributed by atoms with Crippen LogP contribution in [0.25, 0.3) is 0 Å². The summed E-state index contributed by atoms with van der Waals surface area (Å²) in [4.78, 5) is 11.4. The SMILES string of the molecule is CO[C@@H]1CCC[C@@]12CCCN(c1nccc(C)n1)C2. The fourth-order valence-corrected chi connectivity index (χ4v) is 3.86. The predicted molar refractivity (Wildman–Crippen MR) is 75.3 cm³/mol. The van der Waals surface area contributed by atoms with Crippen LogP contribution in [0.2, 0.25) is 0 Å². The van der Waals surface area contributed by atoms with Crippen LogP contribution in [0, 0.1) is 12.3 Å². The van der Waals surface area contributed by atoms with Crippen LogP contribution >= 0.6 is 0 Å². The third-order valence-electron chi connectivity index (χ3n) is 4.78. The van der Waals surface area contributed by atoms with Crippen molar-refractivity contribution < 1.29 is 4.74 Å². The Morgan fingerprint density at radius 1 is 1.37 bits per heavy atom. The molecule has 0 amide bonds. The van der Waals surface area contributed by atoms with Crippen molar-refractivity contribution in [1.82, 2.24) is 9.97 Å². The Kier molecular flexibility index (Phi) is 3.44. The quantitative estimate of drug-likeness (QED) is 0.820. The first-order valence-corrected chi connectivity index (χ1v) is 7.31. The molecule has 4 heteroatoms. The van der Waals surface area contributed by atoms with Crippen molar-refractivity contribution in [2.75, 3.05) is 25.1 Å². The summed E-state index contributed by atoms with van der Waals surface area (Å²) in [6, 6.07) is 1.96. The molecule has 0 unspecified atom stereocenters. The fourth-order valence-electron chi connectivity index (χ4n) is 3.86. The van der Waals surface area contributed by atoms with Crippen LogP contribution in [0.15, 0.2) is 12.3 Å². The van der Waals surface area contributed by atoms with Gasteiger partial charge in [0.15, 0.2) is 0 Å². The standard InChI is InChI=1S/C15H23N3O/c1-12-6-9-16-14(17-12)18-10-4-8-15(11-18)7-3-5-13(15)19-2/h6,9,13H,3-5,7-8,10-11H2,1-2H3/t13-,15+/m1/s1. The van der Waals surface area contributed by atoms with E-state index in [-0.39, 0.29) is 0 Å². The highest BCUT2D eigenvalue weighted by atomic mass is 16.5. The van der Waals surface area contributed by atoms with Crippen LogP contribution in [0.3, 0.4) is 0 Å². The number of hydrogen-bond acceptors (Lipinski definition) is 4. The number of hydrogen-bond donors (Lipinski definition) is 0. The average molecular weight is 261 g/mol. The van der Waals surface area contributed by atoms with Gasteiger partial charge >= 0.3 is 0 Å². The lowest BCUT2D eigenvalue weighted by molar-refractivity contribution is 0.00204. The Hall–Kier alpha value is -1.16. The van der Waals surface area contributed by atoms with Crippen molar-refractivity contribution in [1.29, 1.82) is 0 Å². The summed E-state index contributed by atoms with van der Waals surface area (Å²) in [5, 5.41) is 0. The molecular weight excluding hydrogens is 238 g/mol. The van der Waals surface area contributed by atoms with Gasteiger partial charge in [-0.15, -0.1) is 0 Å². The molecule has 2 atom stereocenters. The molecule has 0 N–H and O–H groups in total. The van der Waals surface area contributed by atoms with Crippen molar-refractivity contribution in [3.63, 3.8) is 0 Å². The normalized spacial score (nSPS) is 31.1. The van der Waals surface area contributed by atoms with Gasteiger partial charge in [-0.2, -0.15) is 0 Å². The Morgan fingerprint density at radius 2 is 2.21 bits per heavy atom. The van der Waals surface area contributed by atoms with Gasteiger partial charge in [0.1, 0.15) is 0 Å². The highest BCUT2D eigenvalue weighted by Gasteiger charge is 2.46. The molecule has 1 aromatic rings. The molecule has 1 spiro atoms. The smallest absolute Gasteiger partial charge is 0.225 e. The van der Waals surface area contributed by atoms with Gasteiger partial charge in [0.25, 0.3) is 0 Å². The van der Waals surface area contributed by atoms with E-state index >= 15 is 0 Å². The second-order valence-electron chi connectivity index (χ2n) is 6.00. The van der Waals surface area contributed by atoms with Gasteiger partial charge in [-0.05, 0) is 38.7 Å². The van der Waals surface area contributed by atoms with Crippen molar-refractivity contribution in [3.05, 3.63) is 18.0 Å². The molecule has 0 bridgehead atoms. The molecule has 1 aliphatic carbocycles. The topological polar surface area (TPSA) is 38.2 Å². The van der Waals surface area contributed by atoms with Gasteiger partial charge < -0.3 is 9.64 Å². The van der Waals surface area contributed by atoms with Crippen molar-refractivity contribution in [2.24, 2.45) is 5.41 Å². The van der Waals surface area contributed by atoms with Crippen molar-refractivity contribution in [2.45, 2.75) is 45.1 Å². The van der Waals surface area contributed by atoms with E-state index in [0.29, 0.717) is 11.5 Å². The summed E-state index contributed by atoms with van der Waals surface area (Å²) in [5.41, 5.74) is 1.37. The van der Waals surface area contributed by atoms with E-state index in [1.54, 1.807) is 0 Å². The van der Waals surface area contributed by atoms with Crippen LogP contribution in [0.1, 0.15) is 37.8 Å². The zero-order valence-corrected chi connectivity index (χ0v) is 11.9. The second kappa shape index (κ2) is 5.08. The first-order valence-electron chi connectivity index (χ1n) is 7.31.